The van der Waals surface area contributed by atoms with Gasteiger partial charge in [0.25, 0.3) is 0 Å². The lowest BCUT2D eigenvalue weighted by atomic mass is 9.93. The number of hydrogen-bond acceptors (Lipinski definition) is 3. The fraction of sp³-hybridized carbons (Fsp3) is 0.0645. The molecule has 4 nitrogen and oxygen atoms in total. The molecular weight excluding hydrogens is 428 g/mol. The van der Waals surface area contributed by atoms with Crippen LogP contribution in [0.1, 0.15) is 22.3 Å². The summed E-state index contributed by atoms with van der Waals surface area (Å²) < 4.78 is 2.38. The molecule has 35 heavy (non-hydrogen) atoms. The summed E-state index contributed by atoms with van der Waals surface area (Å²) >= 11 is 0. The summed E-state index contributed by atoms with van der Waals surface area (Å²) in [6.45, 7) is 0. The first-order chi connectivity index (χ1) is 17.4. The van der Waals surface area contributed by atoms with Crippen molar-refractivity contribution in [3.63, 3.8) is 0 Å². The Morgan fingerprint density at radius 2 is 1.43 bits per heavy atom. The zero-order valence-electron chi connectivity index (χ0n) is 18.8. The standard InChI is InChI=1S/C31H18N4/c1-3-8-19-18(7-1)15-23-26(19)22-14-17-6-2-4-9-20(17)27(22)30-29(23)34-31-21-10-5-12-33-28(21)24-16-32-13-11-25(24)35(30)31/h1-13,16H,14-15H2. The molecule has 0 saturated carbocycles. The third kappa shape index (κ3) is 2.07. The van der Waals surface area contributed by atoms with Crippen molar-refractivity contribution in [3.05, 3.63) is 108 Å². The highest BCUT2D eigenvalue weighted by Crippen LogP contribution is 2.52. The number of nitrogens with zero attached hydrogens (tertiary/aromatic N) is 4. The summed E-state index contributed by atoms with van der Waals surface area (Å²) in [6, 6.07) is 24.0. The second-order valence-corrected chi connectivity index (χ2v) is 9.64. The van der Waals surface area contributed by atoms with Crippen molar-refractivity contribution in [2.75, 3.05) is 0 Å². The highest BCUT2D eigenvalue weighted by Gasteiger charge is 2.34. The molecule has 0 spiro atoms. The Morgan fingerprint density at radius 3 is 2.29 bits per heavy atom. The Balaban J connectivity index is 1.60. The van der Waals surface area contributed by atoms with Crippen molar-refractivity contribution >= 4 is 38.5 Å². The minimum Gasteiger partial charge on any atom is -0.291 e. The molecule has 0 amide bonds. The summed E-state index contributed by atoms with van der Waals surface area (Å²) in [7, 11) is 0. The Hall–Kier alpha value is -4.57. The van der Waals surface area contributed by atoms with Crippen molar-refractivity contribution in [2.24, 2.45) is 0 Å². The van der Waals surface area contributed by atoms with Gasteiger partial charge in [0.2, 0.25) is 0 Å². The predicted octanol–water partition coefficient (Wildman–Crippen LogP) is 6.73. The second kappa shape index (κ2) is 6.10. The molecule has 3 aromatic carbocycles. The van der Waals surface area contributed by atoms with E-state index in [1.165, 1.54) is 50.0 Å². The van der Waals surface area contributed by atoms with Crippen LogP contribution in [0.5, 0.6) is 0 Å². The molecule has 0 fully saturated rings. The molecular formula is C31H18N4. The van der Waals surface area contributed by atoms with E-state index in [4.69, 9.17) is 9.97 Å². The van der Waals surface area contributed by atoms with Crippen LogP contribution in [0, 0.1) is 0 Å². The van der Waals surface area contributed by atoms with Crippen LogP contribution >= 0.6 is 0 Å². The molecule has 0 bridgehead atoms. The first kappa shape index (κ1) is 17.8. The molecule has 0 aliphatic heterocycles. The molecule has 0 N–H and O–H groups in total. The van der Waals surface area contributed by atoms with Gasteiger partial charge in [0.15, 0.2) is 0 Å². The van der Waals surface area contributed by atoms with Crippen LogP contribution in [0.2, 0.25) is 0 Å². The van der Waals surface area contributed by atoms with Gasteiger partial charge in [-0.3, -0.25) is 14.4 Å². The van der Waals surface area contributed by atoms with Gasteiger partial charge in [-0.1, -0.05) is 48.5 Å². The monoisotopic (exact) mass is 446 g/mol. The van der Waals surface area contributed by atoms with E-state index >= 15 is 0 Å². The SMILES string of the molecule is c1ccc2c(c1)Cc1c-2c2c(c3c1nc1c4cccnc4c4cnccc4n13)-c1ccccc1C2. The number of hydrogen-bond donors (Lipinski definition) is 0. The highest BCUT2D eigenvalue weighted by molar-refractivity contribution is 6.15. The van der Waals surface area contributed by atoms with Gasteiger partial charge in [-0.15, -0.1) is 0 Å². The van der Waals surface area contributed by atoms with Crippen LogP contribution in [0.4, 0.5) is 0 Å². The van der Waals surface area contributed by atoms with E-state index in [2.05, 4.69) is 70.0 Å². The molecule has 4 heterocycles. The van der Waals surface area contributed by atoms with Crippen molar-refractivity contribution in [1.29, 1.82) is 0 Å². The van der Waals surface area contributed by atoms with E-state index in [0.29, 0.717) is 0 Å². The normalized spacial score (nSPS) is 13.5. The molecule has 4 aromatic heterocycles. The summed E-state index contributed by atoms with van der Waals surface area (Å²) in [5.41, 5.74) is 16.4. The number of imidazole rings is 1. The van der Waals surface area contributed by atoms with Crippen molar-refractivity contribution < 1.29 is 0 Å². The highest BCUT2D eigenvalue weighted by atomic mass is 15.0. The molecule has 2 aliphatic carbocycles. The second-order valence-electron chi connectivity index (χ2n) is 9.64. The Bertz CT molecular complexity index is 2070. The zero-order valence-corrected chi connectivity index (χ0v) is 18.8. The van der Waals surface area contributed by atoms with E-state index < -0.39 is 0 Å². The Kier molecular flexibility index (Phi) is 3.11. The first-order valence-corrected chi connectivity index (χ1v) is 12.1. The lowest BCUT2D eigenvalue weighted by molar-refractivity contribution is 1.24. The fourth-order valence-corrected chi connectivity index (χ4v) is 6.59. The lowest BCUT2D eigenvalue weighted by Crippen LogP contribution is -1.96. The smallest absolute Gasteiger partial charge is 0.147 e. The van der Waals surface area contributed by atoms with Gasteiger partial charge in [-0.05, 0) is 63.6 Å². The number of aromatic nitrogens is 4. The first-order valence-electron chi connectivity index (χ1n) is 12.1. The van der Waals surface area contributed by atoms with Crippen LogP contribution in [-0.2, 0) is 12.8 Å². The quantitative estimate of drug-likeness (QED) is 0.243. The van der Waals surface area contributed by atoms with Gasteiger partial charge in [-0.2, -0.15) is 0 Å². The van der Waals surface area contributed by atoms with Crippen LogP contribution < -0.4 is 0 Å². The minimum absolute atomic E-state index is 0.922. The molecule has 162 valence electrons. The van der Waals surface area contributed by atoms with Crippen LogP contribution in [-0.4, -0.2) is 19.4 Å². The molecule has 2 aliphatic rings. The Morgan fingerprint density at radius 1 is 0.657 bits per heavy atom. The molecule has 9 rings (SSSR count). The number of fused-ring (bicyclic) bond motifs is 17. The number of rotatable bonds is 0. The number of benzene rings is 3. The maximum absolute atomic E-state index is 5.40. The summed E-state index contributed by atoms with van der Waals surface area (Å²) in [6.07, 6.45) is 7.55. The molecule has 4 heteroatoms. The van der Waals surface area contributed by atoms with E-state index in [9.17, 15) is 0 Å². The fourth-order valence-electron chi connectivity index (χ4n) is 6.59. The maximum atomic E-state index is 5.40. The van der Waals surface area contributed by atoms with E-state index in [0.717, 1.165) is 45.8 Å². The van der Waals surface area contributed by atoms with Crippen molar-refractivity contribution in [1.82, 2.24) is 19.4 Å². The lowest BCUT2D eigenvalue weighted by Gasteiger charge is -2.13. The van der Waals surface area contributed by atoms with E-state index in [1.54, 1.807) is 0 Å². The molecule has 7 aromatic rings. The number of pyridine rings is 3. The van der Waals surface area contributed by atoms with Crippen molar-refractivity contribution in [2.45, 2.75) is 12.8 Å². The average molecular weight is 447 g/mol. The summed E-state index contributed by atoms with van der Waals surface area (Å²) in [4.78, 5) is 14.6. The third-order valence-corrected chi connectivity index (χ3v) is 7.96. The molecule has 0 unspecified atom stereocenters. The maximum Gasteiger partial charge on any atom is 0.147 e. The van der Waals surface area contributed by atoms with Gasteiger partial charge in [0.1, 0.15) is 5.65 Å². The zero-order chi connectivity index (χ0) is 22.7. The summed E-state index contributed by atoms with van der Waals surface area (Å²) in [5.74, 6) is 0. The van der Waals surface area contributed by atoms with Gasteiger partial charge in [-0.25, -0.2) is 4.98 Å². The predicted molar refractivity (Wildman–Crippen MR) is 140 cm³/mol. The molecule has 0 atom stereocenters. The van der Waals surface area contributed by atoms with Gasteiger partial charge in [0.05, 0.1) is 22.1 Å². The van der Waals surface area contributed by atoms with Crippen LogP contribution in [0.25, 0.3) is 60.7 Å². The van der Waals surface area contributed by atoms with Gasteiger partial charge in [0, 0.05) is 41.3 Å². The van der Waals surface area contributed by atoms with Crippen molar-refractivity contribution in [3.8, 4) is 22.3 Å². The van der Waals surface area contributed by atoms with Gasteiger partial charge >= 0.3 is 0 Å². The summed E-state index contributed by atoms with van der Waals surface area (Å²) in [5, 5.41) is 2.12. The van der Waals surface area contributed by atoms with E-state index in [-0.39, 0.29) is 0 Å². The van der Waals surface area contributed by atoms with E-state index in [1.807, 2.05) is 24.7 Å². The Labute approximate surface area is 200 Å². The van der Waals surface area contributed by atoms with Crippen LogP contribution in [0.15, 0.2) is 85.3 Å². The molecule has 0 radical (unpaired) electrons. The molecule has 0 saturated heterocycles. The van der Waals surface area contributed by atoms with Crippen LogP contribution in [0.3, 0.4) is 0 Å². The largest absolute Gasteiger partial charge is 0.291 e. The van der Waals surface area contributed by atoms with Gasteiger partial charge < -0.3 is 0 Å². The topological polar surface area (TPSA) is 43.1 Å². The average Bonchev–Trinajstić information content (AvgIpc) is 3.60. The third-order valence-electron chi connectivity index (χ3n) is 7.96. The minimum atomic E-state index is 0.922.